The number of phenols is 1. The summed E-state index contributed by atoms with van der Waals surface area (Å²) in [5, 5.41) is 18.6. The smallest absolute Gasteiger partial charge is 0.124 e. The summed E-state index contributed by atoms with van der Waals surface area (Å²) in [5.41, 5.74) is 7.28. The fourth-order valence-corrected chi connectivity index (χ4v) is 1.94. The van der Waals surface area contributed by atoms with Crippen molar-refractivity contribution < 1.29 is 10.2 Å². The van der Waals surface area contributed by atoms with Gasteiger partial charge in [0.1, 0.15) is 5.75 Å². The molecule has 0 aliphatic carbocycles. The molecule has 0 spiro atoms. The second kappa shape index (κ2) is 4.77. The molecule has 1 rings (SSSR count). The van der Waals surface area contributed by atoms with Crippen molar-refractivity contribution in [3.63, 3.8) is 0 Å². The average molecular weight is 260 g/mol. The molecule has 0 amide bonds. The number of aryl methyl sites for hydroxylation is 1. The first-order valence-corrected chi connectivity index (χ1v) is 5.21. The van der Waals surface area contributed by atoms with Crippen LogP contribution in [0, 0.1) is 6.92 Å². The second-order valence-corrected chi connectivity index (χ2v) is 4.10. The van der Waals surface area contributed by atoms with E-state index in [-0.39, 0.29) is 18.4 Å². The van der Waals surface area contributed by atoms with Crippen LogP contribution in [-0.4, -0.2) is 16.8 Å². The van der Waals surface area contributed by atoms with Gasteiger partial charge >= 0.3 is 0 Å². The van der Waals surface area contributed by atoms with E-state index in [0.29, 0.717) is 12.0 Å². The van der Waals surface area contributed by atoms with E-state index in [1.165, 1.54) is 0 Å². The molecule has 3 nitrogen and oxygen atoms in total. The molecule has 0 saturated heterocycles. The van der Waals surface area contributed by atoms with E-state index in [2.05, 4.69) is 15.9 Å². The van der Waals surface area contributed by atoms with Gasteiger partial charge in [-0.05, 0) is 25.0 Å². The van der Waals surface area contributed by atoms with Gasteiger partial charge in [-0.25, -0.2) is 0 Å². The Labute approximate surface area is 91.7 Å². The van der Waals surface area contributed by atoms with Gasteiger partial charge < -0.3 is 15.9 Å². The van der Waals surface area contributed by atoms with Crippen LogP contribution in [0.1, 0.15) is 23.6 Å². The maximum absolute atomic E-state index is 9.78. The summed E-state index contributed by atoms with van der Waals surface area (Å²) in [5.74, 6) is 0.209. The first kappa shape index (κ1) is 11.5. The summed E-state index contributed by atoms with van der Waals surface area (Å²) >= 11 is 3.33. The fraction of sp³-hybridized carbons (Fsp3) is 0.400. The van der Waals surface area contributed by atoms with E-state index in [1.807, 2.05) is 19.1 Å². The lowest BCUT2D eigenvalue weighted by Crippen LogP contribution is -2.13. The third-order valence-electron chi connectivity index (χ3n) is 2.18. The van der Waals surface area contributed by atoms with E-state index < -0.39 is 0 Å². The number of benzene rings is 1. The van der Waals surface area contributed by atoms with Gasteiger partial charge in [-0.15, -0.1) is 0 Å². The minimum atomic E-state index is -0.339. The lowest BCUT2D eigenvalue weighted by molar-refractivity contribution is 0.275. The molecule has 4 heteroatoms. The molecule has 0 radical (unpaired) electrons. The second-order valence-electron chi connectivity index (χ2n) is 3.25. The molecule has 78 valence electrons. The first-order valence-electron chi connectivity index (χ1n) is 4.42. The molecule has 14 heavy (non-hydrogen) atoms. The quantitative estimate of drug-likeness (QED) is 0.776. The molecule has 0 aromatic heterocycles. The molecule has 0 aliphatic heterocycles. The zero-order valence-electron chi connectivity index (χ0n) is 8.00. The highest BCUT2D eigenvalue weighted by molar-refractivity contribution is 9.10. The number of phenolic OH excluding ortho intramolecular Hbond substituents is 1. The molecule has 0 fully saturated rings. The summed E-state index contributed by atoms with van der Waals surface area (Å²) in [6.07, 6.45) is 0.440. The van der Waals surface area contributed by atoms with Crippen LogP contribution in [0.25, 0.3) is 0 Å². The molecule has 0 bridgehead atoms. The SMILES string of the molecule is Cc1ccc(Br)c([C@H](N)CCO)c1O. The van der Waals surface area contributed by atoms with Crippen LogP contribution in [0.2, 0.25) is 0 Å². The van der Waals surface area contributed by atoms with E-state index >= 15 is 0 Å². The lowest BCUT2D eigenvalue weighted by atomic mass is 10.0. The van der Waals surface area contributed by atoms with Gasteiger partial charge in [-0.1, -0.05) is 22.0 Å². The molecular weight excluding hydrogens is 246 g/mol. The topological polar surface area (TPSA) is 66.5 Å². The van der Waals surface area contributed by atoms with Crippen molar-refractivity contribution in [2.45, 2.75) is 19.4 Å². The minimum Gasteiger partial charge on any atom is -0.507 e. The van der Waals surface area contributed by atoms with Crippen molar-refractivity contribution >= 4 is 15.9 Å². The van der Waals surface area contributed by atoms with E-state index in [0.717, 1.165) is 10.0 Å². The Hall–Kier alpha value is -0.580. The third kappa shape index (κ3) is 2.26. The highest BCUT2D eigenvalue weighted by Gasteiger charge is 2.15. The van der Waals surface area contributed by atoms with Gasteiger partial charge in [0.15, 0.2) is 0 Å². The molecule has 0 saturated carbocycles. The first-order chi connectivity index (χ1) is 6.57. The summed E-state index contributed by atoms with van der Waals surface area (Å²) < 4.78 is 0.779. The molecule has 1 aromatic carbocycles. The largest absolute Gasteiger partial charge is 0.507 e. The molecule has 0 aliphatic rings. The normalized spacial score (nSPS) is 12.9. The van der Waals surface area contributed by atoms with Crippen LogP contribution in [-0.2, 0) is 0 Å². The predicted octanol–water partition coefficient (Wildman–Crippen LogP) is 1.85. The van der Waals surface area contributed by atoms with Crippen LogP contribution < -0.4 is 5.73 Å². The van der Waals surface area contributed by atoms with Crippen molar-refractivity contribution in [2.24, 2.45) is 5.73 Å². The third-order valence-corrected chi connectivity index (χ3v) is 2.87. The summed E-state index contributed by atoms with van der Waals surface area (Å²) in [6, 6.07) is 3.32. The van der Waals surface area contributed by atoms with Gasteiger partial charge in [0.25, 0.3) is 0 Å². The van der Waals surface area contributed by atoms with Crippen LogP contribution in [0.4, 0.5) is 0 Å². The van der Waals surface area contributed by atoms with Crippen molar-refractivity contribution in [2.75, 3.05) is 6.61 Å². The average Bonchev–Trinajstić information content (AvgIpc) is 2.13. The van der Waals surface area contributed by atoms with Crippen molar-refractivity contribution in [1.29, 1.82) is 0 Å². The van der Waals surface area contributed by atoms with Gasteiger partial charge in [0.05, 0.1) is 0 Å². The lowest BCUT2D eigenvalue weighted by Gasteiger charge is -2.15. The fourth-order valence-electron chi connectivity index (χ4n) is 1.33. The Kier molecular flexibility index (Phi) is 3.92. The van der Waals surface area contributed by atoms with Crippen LogP contribution >= 0.6 is 15.9 Å². The molecule has 1 atom stereocenters. The Morgan fingerprint density at radius 3 is 2.71 bits per heavy atom. The maximum Gasteiger partial charge on any atom is 0.124 e. The number of rotatable bonds is 3. The van der Waals surface area contributed by atoms with Crippen LogP contribution in [0.15, 0.2) is 16.6 Å². The number of aliphatic hydroxyl groups excluding tert-OH is 1. The zero-order valence-corrected chi connectivity index (χ0v) is 9.58. The molecular formula is C10H14BrNO2. The standard InChI is InChI=1S/C10H14BrNO2/c1-6-2-3-7(11)9(10(6)14)8(12)4-5-13/h2-3,8,13-14H,4-5,12H2,1H3/t8-/m1/s1. The van der Waals surface area contributed by atoms with E-state index in [9.17, 15) is 5.11 Å². The van der Waals surface area contributed by atoms with Crippen LogP contribution in [0.5, 0.6) is 5.75 Å². The monoisotopic (exact) mass is 259 g/mol. The molecule has 0 unspecified atom stereocenters. The maximum atomic E-state index is 9.78. The van der Waals surface area contributed by atoms with Gasteiger partial charge in [-0.2, -0.15) is 0 Å². The summed E-state index contributed by atoms with van der Waals surface area (Å²) in [6.45, 7) is 1.83. The number of hydrogen-bond donors (Lipinski definition) is 3. The minimum absolute atomic E-state index is 0.0149. The Balaban J connectivity index is 3.11. The van der Waals surface area contributed by atoms with Crippen molar-refractivity contribution in [3.05, 3.63) is 27.7 Å². The van der Waals surface area contributed by atoms with E-state index in [4.69, 9.17) is 10.8 Å². The number of hydrogen-bond acceptors (Lipinski definition) is 3. The number of halogens is 1. The molecule has 4 N–H and O–H groups in total. The van der Waals surface area contributed by atoms with Gasteiger partial charge in [0, 0.05) is 22.7 Å². The van der Waals surface area contributed by atoms with Gasteiger partial charge in [-0.3, -0.25) is 0 Å². The summed E-state index contributed by atoms with van der Waals surface area (Å²) in [7, 11) is 0. The summed E-state index contributed by atoms with van der Waals surface area (Å²) in [4.78, 5) is 0. The van der Waals surface area contributed by atoms with Crippen LogP contribution in [0.3, 0.4) is 0 Å². The Morgan fingerprint density at radius 2 is 2.14 bits per heavy atom. The number of aliphatic hydroxyl groups is 1. The van der Waals surface area contributed by atoms with Crippen molar-refractivity contribution in [3.8, 4) is 5.75 Å². The Bertz CT molecular complexity index is 328. The highest BCUT2D eigenvalue weighted by atomic mass is 79.9. The van der Waals surface area contributed by atoms with Gasteiger partial charge in [0.2, 0.25) is 0 Å². The van der Waals surface area contributed by atoms with Crippen molar-refractivity contribution in [1.82, 2.24) is 0 Å². The zero-order chi connectivity index (χ0) is 10.7. The molecule has 0 heterocycles. The molecule has 1 aromatic rings. The number of aromatic hydroxyl groups is 1. The highest BCUT2D eigenvalue weighted by Crippen LogP contribution is 2.34. The number of nitrogens with two attached hydrogens (primary N) is 1. The predicted molar refractivity (Wildman–Crippen MR) is 59.2 cm³/mol. The van der Waals surface area contributed by atoms with E-state index in [1.54, 1.807) is 0 Å². The Morgan fingerprint density at radius 1 is 1.50 bits per heavy atom.